The van der Waals surface area contributed by atoms with Crippen LogP contribution in [0.4, 0.5) is 0 Å². The summed E-state index contributed by atoms with van der Waals surface area (Å²) in [4.78, 5) is 13.3. The van der Waals surface area contributed by atoms with Gasteiger partial charge in [-0.15, -0.1) is 0 Å². The third-order valence-corrected chi connectivity index (χ3v) is 3.00. The van der Waals surface area contributed by atoms with E-state index in [1.54, 1.807) is 6.92 Å². The summed E-state index contributed by atoms with van der Waals surface area (Å²) in [5.41, 5.74) is 5.99. The molecule has 1 aliphatic heterocycles. The number of hydrogen-bond acceptors (Lipinski definition) is 4. The monoisotopic (exact) mass is 226 g/mol. The smallest absolute Gasteiger partial charge is 0.330 e. The first-order valence-electron chi connectivity index (χ1n) is 5.94. The van der Waals surface area contributed by atoms with Gasteiger partial charge in [-0.1, -0.05) is 13.0 Å². The van der Waals surface area contributed by atoms with Crippen molar-refractivity contribution < 1.29 is 9.53 Å². The van der Waals surface area contributed by atoms with Crippen LogP contribution in [0.15, 0.2) is 12.2 Å². The molecular weight excluding hydrogens is 204 g/mol. The molecule has 0 spiro atoms. The Balaban J connectivity index is 2.25. The molecule has 1 fully saturated rings. The van der Waals surface area contributed by atoms with Gasteiger partial charge in [-0.25, -0.2) is 4.79 Å². The third kappa shape index (κ3) is 4.33. The first-order chi connectivity index (χ1) is 7.63. The molecule has 0 saturated carbocycles. The summed E-state index contributed by atoms with van der Waals surface area (Å²) in [6, 6.07) is 0.254. The molecule has 0 bridgehead atoms. The van der Waals surface area contributed by atoms with Crippen molar-refractivity contribution in [2.24, 2.45) is 11.7 Å². The lowest BCUT2D eigenvalue weighted by Crippen LogP contribution is -2.47. The first-order valence-corrected chi connectivity index (χ1v) is 5.94. The second kappa shape index (κ2) is 6.66. The molecule has 16 heavy (non-hydrogen) atoms. The molecule has 2 unspecified atom stereocenters. The highest BCUT2D eigenvalue weighted by atomic mass is 16.5. The highest BCUT2D eigenvalue weighted by molar-refractivity contribution is 5.81. The molecule has 92 valence electrons. The Bertz CT molecular complexity index is 253. The van der Waals surface area contributed by atoms with Gasteiger partial charge in [-0.05, 0) is 25.8 Å². The van der Waals surface area contributed by atoms with E-state index in [1.165, 1.54) is 6.08 Å². The van der Waals surface area contributed by atoms with Crippen molar-refractivity contribution in [2.75, 3.05) is 26.2 Å². The summed E-state index contributed by atoms with van der Waals surface area (Å²) in [6.07, 6.45) is 4.47. The van der Waals surface area contributed by atoms with Gasteiger partial charge in [0, 0.05) is 25.2 Å². The van der Waals surface area contributed by atoms with E-state index in [-0.39, 0.29) is 12.0 Å². The molecule has 1 aliphatic rings. The second-order valence-electron chi connectivity index (χ2n) is 4.34. The summed E-state index contributed by atoms with van der Waals surface area (Å²) >= 11 is 0. The number of esters is 1. The SMILES string of the molecule is CCOC(=O)/C=C/CN1CCC(C)C(N)C1. The fraction of sp³-hybridized carbons (Fsp3) is 0.750. The van der Waals surface area contributed by atoms with E-state index in [1.807, 2.05) is 6.08 Å². The van der Waals surface area contributed by atoms with Crippen LogP contribution in [-0.2, 0) is 9.53 Å². The van der Waals surface area contributed by atoms with Crippen LogP contribution in [-0.4, -0.2) is 43.2 Å². The average molecular weight is 226 g/mol. The summed E-state index contributed by atoms with van der Waals surface area (Å²) in [5, 5.41) is 0. The maximum absolute atomic E-state index is 11.0. The Morgan fingerprint density at radius 2 is 2.38 bits per heavy atom. The molecule has 1 heterocycles. The van der Waals surface area contributed by atoms with Crippen molar-refractivity contribution >= 4 is 5.97 Å². The molecular formula is C12H22N2O2. The Kier molecular flexibility index (Phi) is 5.49. The number of hydrogen-bond donors (Lipinski definition) is 1. The molecule has 4 nitrogen and oxygen atoms in total. The summed E-state index contributed by atoms with van der Waals surface area (Å²) < 4.78 is 4.80. The lowest BCUT2D eigenvalue weighted by atomic mass is 9.94. The maximum Gasteiger partial charge on any atom is 0.330 e. The molecule has 0 amide bonds. The number of likely N-dealkylation sites (tertiary alicyclic amines) is 1. The van der Waals surface area contributed by atoms with Gasteiger partial charge in [0.1, 0.15) is 0 Å². The molecule has 1 rings (SSSR count). The number of ether oxygens (including phenoxy) is 1. The van der Waals surface area contributed by atoms with Gasteiger partial charge >= 0.3 is 5.97 Å². The third-order valence-electron chi connectivity index (χ3n) is 3.00. The maximum atomic E-state index is 11.0. The van der Waals surface area contributed by atoms with Crippen LogP contribution in [0.5, 0.6) is 0 Å². The van der Waals surface area contributed by atoms with Gasteiger partial charge < -0.3 is 10.5 Å². The van der Waals surface area contributed by atoms with Crippen LogP contribution in [0.2, 0.25) is 0 Å². The van der Waals surface area contributed by atoms with Gasteiger partial charge in [0.05, 0.1) is 6.61 Å². The zero-order valence-corrected chi connectivity index (χ0v) is 10.2. The highest BCUT2D eigenvalue weighted by Crippen LogP contribution is 2.14. The van der Waals surface area contributed by atoms with E-state index in [0.717, 1.165) is 26.1 Å². The van der Waals surface area contributed by atoms with Crippen LogP contribution >= 0.6 is 0 Å². The predicted molar refractivity (Wildman–Crippen MR) is 64.0 cm³/mol. The van der Waals surface area contributed by atoms with E-state index >= 15 is 0 Å². The van der Waals surface area contributed by atoms with Crippen LogP contribution in [0, 0.1) is 5.92 Å². The van der Waals surface area contributed by atoms with Crippen molar-refractivity contribution in [3.05, 3.63) is 12.2 Å². The number of nitrogens with zero attached hydrogens (tertiary/aromatic N) is 1. The molecule has 1 saturated heterocycles. The highest BCUT2D eigenvalue weighted by Gasteiger charge is 2.21. The Morgan fingerprint density at radius 3 is 3.00 bits per heavy atom. The van der Waals surface area contributed by atoms with Crippen LogP contribution in [0.1, 0.15) is 20.3 Å². The topological polar surface area (TPSA) is 55.6 Å². The van der Waals surface area contributed by atoms with Gasteiger partial charge in [0.2, 0.25) is 0 Å². The van der Waals surface area contributed by atoms with Gasteiger partial charge in [0.15, 0.2) is 0 Å². The van der Waals surface area contributed by atoms with Crippen molar-refractivity contribution in [2.45, 2.75) is 26.3 Å². The molecule has 2 N–H and O–H groups in total. The second-order valence-corrected chi connectivity index (χ2v) is 4.34. The first kappa shape index (κ1) is 13.2. The number of piperidine rings is 1. The van der Waals surface area contributed by atoms with E-state index in [2.05, 4.69) is 11.8 Å². The minimum Gasteiger partial charge on any atom is -0.463 e. The minimum atomic E-state index is -0.267. The lowest BCUT2D eigenvalue weighted by molar-refractivity contribution is -0.137. The molecule has 2 atom stereocenters. The standard InChI is InChI=1S/C12H22N2O2/c1-3-16-12(15)5-4-7-14-8-6-10(2)11(13)9-14/h4-5,10-11H,3,6-9,13H2,1-2H3/b5-4+. The number of nitrogens with two attached hydrogens (primary N) is 1. The quantitative estimate of drug-likeness (QED) is 0.568. The molecule has 0 aromatic heterocycles. The Labute approximate surface area is 97.4 Å². The molecule has 0 aliphatic carbocycles. The number of carbonyl (C=O) groups is 1. The molecule has 0 aromatic carbocycles. The van der Waals surface area contributed by atoms with E-state index in [9.17, 15) is 4.79 Å². The van der Waals surface area contributed by atoms with Gasteiger partial charge in [-0.3, -0.25) is 4.90 Å². The van der Waals surface area contributed by atoms with Crippen LogP contribution in [0.3, 0.4) is 0 Å². The largest absolute Gasteiger partial charge is 0.463 e. The molecule has 0 radical (unpaired) electrons. The van der Waals surface area contributed by atoms with Crippen molar-refractivity contribution in [1.29, 1.82) is 0 Å². The van der Waals surface area contributed by atoms with Crippen LogP contribution < -0.4 is 5.73 Å². The average Bonchev–Trinajstić information content (AvgIpc) is 2.24. The lowest BCUT2D eigenvalue weighted by Gasteiger charge is -2.34. The summed E-state index contributed by atoms with van der Waals surface area (Å²) in [5.74, 6) is 0.336. The number of carbonyl (C=O) groups excluding carboxylic acids is 1. The predicted octanol–water partition coefficient (Wildman–Crippen LogP) is 0.775. The van der Waals surface area contributed by atoms with E-state index < -0.39 is 0 Å². The van der Waals surface area contributed by atoms with E-state index in [0.29, 0.717) is 12.5 Å². The normalized spacial score (nSPS) is 27.2. The molecule has 4 heteroatoms. The summed E-state index contributed by atoms with van der Waals surface area (Å²) in [7, 11) is 0. The fourth-order valence-electron chi connectivity index (χ4n) is 1.82. The Morgan fingerprint density at radius 1 is 1.62 bits per heavy atom. The fourth-order valence-corrected chi connectivity index (χ4v) is 1.82. The minimum absolute atomic E-state index is 0.254. The summed E-state index contributed by atoms with van der Waals surface area (Å²) in [6.45, 7) is 7.16. The van der Waals surface area contributed by atoms with Gasteiger partial charge in [-0.2, -0.15) is 0 Å². The van der Waals surface area contributed by atoms with Crippen molar-refractivity contribution in [1.82, 2.24) is 4.90 Å². The zero-order chi connectivity index (χ0) is 12.0. The number of rotatable bonds is 4. The molecule has 0 aromatic rings. The Hall–Kier alpha value is -0.870. The van der Waals surface area contributed by atoms with Gasteiger partial charge in [0.25, 0.3) is 0 Å². The zero-order valence-electron chi connectivity index (χ0n) is 10.2. The van der Waals surface area contributed by atoms with Crippen LogP contribution in [0.25, 0.3) is 0 Å². The van der Waals surface area contributed by atoms with E-state index in [4.69, 9.17) is 10.5 Å². The van der Waals surface area contributed by atoms with Crippen molar-refractivity contribution in [3.8, 4) is 0 Å². The van der Waals surface area contributed by atoms with Crippen molar-refractivity contribution in [3.63, 3.8) is 0 Å².